The number of carbonyl (C=O) groups excluding carboxylic acids is 1. The lowest BCUT2D eigenvalue weighted by Gasteiger charge is -2.36. The van der Waals surface area contributed by atoms with Gasteiger partial charge in [0.15, 0.2) is 0 Å². The molecule has 2 aliphatic heterocycles. The molecule has 2 heterocycles. The Balaban J connectivity index is 2.27. The first kappa shape index (κ1) is 15.8. The Morgan fingerprint density at radius 2 is 2.29 bits per heavy atom. The predicted octanol–water partition coefficient (Wildman–Crippen LogP) is 1.92. The Labute approximate surface area is 126 Å². The first-order valence-corrected chi connectivity index (χ1v) is 7.43. The largest absolute Gasteiger partial charge is 0.443 e. The van der Waals surface area contributed by atoms with E-state index in [1.807, 2.05) is 39.0 Å². The number of rotatable bonds is 2. The van der Waals surface area contributed by atoms with E-state index in [1.165, 1.54) is 5.57 Å². The van der Waals surface area contributed by atoms with Crippen LogP contribution >= 0.6 is 0 Å². The number of ether oxygens (including phenoxy) is 1. The van der Waals surface area contributed by atoms with Crippen molar-refractivity contribution in [3.63, 3.8) is 0 Å². The average Bonchev–Trinajstić information content (AvgIpc) is 2.45. The standard InChI is InChI=1S/C16H25N3O2/c1-16(2,3)21-15(20)19-13(11-17)5-4-6-14(19)12-7-9-18-10-8-12/h4-7,13,18H,8-11,17H2,1-3H3. The number of nitrogens with two attached hydrogens (primary N) is 1. The molecular weight excluding hydrogens is 266 g/mol. The first-order chi connectivity index (χ1) is 9.92. The summed E-state index contributed by atoms with van der Waals surface area (Å²) in [6.45, 7) is 7.73. The molecule has 0 saturated carbocycles. The second kappa shape index (κ2) is 6.45. The highest BCUT2D eigenvalue weighted by Gasteiger charge is 2.32. The number of nitrogens with one attached hydrogen (secondary N) is 1. The topological polar surface area (TPSA) is 67.6 Å². The van der Waals surface area contributed by atoms with Gasteiger partial charge in [0, 0.05) is 13.1 Å². The Morgan fingerprint density at radius 3 is 2.86 bits per heavy atom. The summed E-state index contributed by atoms with van der Waals surface area (Å²) in [5, 5.41) is 3.28. The lowest BCUT2D eigenvalue weighted by Crippen LogP contribution is -2.47. The second-order valence-electron chi connectivity index (χ2n) is 6.27. The lowest BCUT2D eigenvalue weighted by molar-refractivity contribution is 0.0278. The predicted molar refractivity (Wildman–Crippen MR) is 83.7 cm³/mol. The molecule has 0 aliphatic carbocycles. The van der Waals surface area contributed by atoms with Crippen molar-refractivity contribution in [2.75, 3.05) is 19.6 Å². The molecule has 3 N–H and O–H groups in total. The van der Waals surface area contributed by atoms with Crippen LogP contribution in [-0.2, 0) is 4.74 Å². The van der Waals surface area contributed by atoms with Gasteiger partial charge in [-0.3, -0.25) is 4.90 Å². The quantitative estimate of drug-likeness (QED) is 0.815. The van der Waals surface area contributed by atoms with Crippen LogP contribution in [0.2, 0.25) is 0 Å². The maximum Gasteiger partial charge on any atom is 0.415 e. The van der Waals surface area contributed by atoms with Crippen molar-refractivity contribution in [3.8, 4) is 0 Å². The van der Waals surface area contributed by atoms with Crippen LogP contribution in [0.15, 0.2) is 35.6 Å². The summed E-state index contributed by atoms with van der Waals surface area (Å²) in [5.41, 5.74) is 7.38. The number of hydrogen-bond donors (Lipinski definition) is 2. The van der Waals surface area contributed by atoms with E-state index in [9.17, 15) is 4.79 Å². The molecule has 2 aliphatic rings. The van der Waals surface area contributed by atoms with Crippen molar-refractivity contribution >= 4 is 6.09 Å². The molecule has 1 unspecified atom stereocenters. The van der Waals surface area contributed by atoms with Crippen molar-refractivity contribution in [1.82, 2.24) is 10.2 Å². The minimum absolute atomic E-state index is 0.157. The van der Waals surface area contributed by atoms with Crippen molar-refractivity contribution in [2.45, 2.75) is 38.8 Å². The highest BCUT2D eigenvalue weighted by molar-refractivity contribution is 5.73. The zero-order valence-electron chi connectivity index (χ0n) is 13.1. The lowest BCUT2D eigenvalue weighted by atomic mass is 10.00. The molecule has 0 aromatic heterocycles. The van der Waals surface area contributed by atoms with Gasteiger partial charge in [-0.05, 0) is 45.4 Å². The van der Waals surface area contributed by atoms with Crippen LogP contribution in [0.5, 0.6) is 0 Å². The average molecular weight is 291 g/mol. The minimum atomic E-state index is -0.523. The molecule has 116 valence electrons. The summed E-state index contributed by atoms with van der Waals surface area (Å²) in [6, 6.07) is -0.157. The third-order valence-corrected chi connectivity index (χ3v) is 3.40. The maximum absolute atomic E-state index is 12.6. The molecule has 0 aromatic carbocycles. The highest BCUT2D eigenvalue weighted by Crippen LogP contribution is 2.27. The third-order valence-electron chi connectivity index (χ3n) is 3.40. The van der Waals surface area contributed by atoms with Gasteiger partial charge in [0.2, 0.25) is 0 Å². The van der Waals surface area contributed by atoms with E-state index in [-0.39, 0.29) is 12.1 Å². The first-order valence-electron chi connectivity index (χ1n) is 7.43. The summed E-state index contributed by atoms with van der Waals surface area (Å²) in [5.74, 6) is 0. The van der Waals surface area contributed by atoms with Crippen molar-refractivity contribution in [3.05, 3.63) is 35.6 Å². The molecule has 2 rings (SSSR count). The fourth-order valence-corrected chi connectivity index (χ4v) is 2.47. The van der Waals surface area contributed by atoms with E-state index < -0.39 is 5.60 Å². The molecule has 1 amide bonds. The van der Waals surface area contributed by atoms with Crippen LogP contribution in [0, 0.1) is 0 Å². The number of nitrogens with zero attached hydrogens (tertiary/aromatic N) is 1. The summed E-state index contributed by atoms with van der Waals surface area (Å²) in [7, 11) is 0. The highest BCUT2D eigenvalue weighted by atomic mass is 16.6. The normalized spacial score (nSPS) is 22.7. The van der Waals surface area contributed by atoms with E-state index in [0.717, 1.165) is 25.2 Å². The van der Waals surface area contributed by atoms with Crippen LogP contribution in [0.1, 0.15) is 27.2 Å². The Morgan fingerprint density at radius 1 is 1.52 bits per heavy atom. The summed E-state index contributed by atoms with van der Waals surface area (Å²) in [4.78, 5) is 14.2. The van der Waals surface area contributed by atoms with Gasteiger partial charge >= 0.3 is 6.09 Å². The summed E-state index contributed by atoms with van der Waals surface area (Å²) < 4.78 is 5.54. The van der Waals surface area contributed by atoms with Crippen LogP contribution < -0.4 is 11.1 Å². The van der Waals surface area contributed by atoms with Gasteiger partial charge < -0.3 is 15.8 Å². The van der Waals surface area contributed by atoms with Crippen LogP contribution in [0.4, 0.5) is 4.79 Å². The van der Waals surface area contributed by atoms with Crippen LogP contribution in [-0.4, -0.2) is 42.3 Å². The second-order valence-corrected chi connectivity index (χ2v) is 6.27. The molecule has 0 spiro atoms. The van der Waals surface area contributed by atoms with E-state index in [4.69, 9.17) is 10.5 Å². The fraction of sp³-hybridized carbons (Fsp3) is 0.562. The number of allylic oxidation sites excluding steroid dienone is 3. The molecule has 5 heteroatoms. The van der Waals surface area contributed by atoms with Gasteiger partial charge in [-0.1, -0.05) is 18.2 Å². The fourth-order valence-electron chi connectivity index (χ4n) is 2.47. The molecule has 0 fully saturated rings. The van der Waals surface area contributed by atoms with Gasteiger partial charge in [0.1, 0.15) is 5.60 Å². The molecular formula is C16H25N3O2. The summed E-state index contributed by atoms with van der Waals surface area (Å²) in [6.07, 6.45) is 8.56. The zero-order valence-corrected chi connectivity index (χ0v) is 13.1. The number of carbonyl (C=O) groups is 1. The molecule has 0 aromatic rings. The molecule has 1 atom stereocenters. The van der Waals surface area contributed by atoms with Gasteiger partial charge in [0.25, 0.3) is 0 Å². The Kier molecular flexibility index (Phi) is 4.85. The van der Waals surface area contributed by atoms with Gasteiger partial charge in [-0.2, -0.15) is 0 Å². The van der Waals surface area contributed by atoms with Crippen LogP contribution in [0.3, 0.4) is 0 Å². The zero-order chi connectivity index (χ0) is 15.5. The molecule has 21 heavy (non-hydrogen) atoms. The van der Waals surface area contributed by atoms with Crippen molar-refractivity contribution < 1.29 is 9.53 Å². The molecule has 0 radical (unpaired) electrons. The molecule has 0 saturated heterocycles. The third kappa shape index (κ3) is 3.95. The maximum atomic E-state index is 12.6. The van der Waals surface area contributed by atoms with E-state index in [1.54, 1.807) is 4.90 Å². The Hall–Kier alpha value is -1.59. The Bertz CT molecular complexity index is 486. The molecule has 5 nitrogen and oxygen atoms in total. The molecule has 0 bridgehead atoms. The van der Waals surface area contributed by atoms with Crippen LogP contribution in [0.25, 0.3) is 0 Å². The number of amides is 1. The van der Waals surface area contributed by atoms with Gasteiger partial charge in [-0.25, -0.2) is 4.79 Å². The van der Waals surface area contributed by atoms with E-state index >= 15 is 0 Å². The monoisotopic (exact) mass is 291 g/mol. The van der Waals surface area contributed by atoms with E-state index in [0.29, 0.717) is 6.54 Å². The van der Waals surface area contributed by atoms with E-state index in [2.05, 4.69) is 11.4 Å². The van der Waals surface area contributed by atoms with Crippen molar-refractivity contribution in [2.24, 2.45) is 5.73 Å². The van der Waals surface area contributed by atoms with Gasteiger partial charge in [-0.15, -0.1) is 0 Å². The minimum Gasteiger partial charge on any atom is -0.443 e. The van der Waals surface area contributed by atoms with Gasteiger partial charge in [0.05, 0.1) is 11.7 Å². The SMILES string of the molecule is CC(C)(C)OC(=O)N1C(C2=CCNCC2)=CC=CC1CN. The summed E-state index contributed by atoms with van der Waals surface area (Å²) >= 11 is 0. The smallest absolute Gasteiger partial charge is 0.415 e. The number of hydrogen-bond acceptors (Lipinski definition) is 4. The van der Waals surface area contributed by atoms with Crippen molar-refractivity contribution in [1.29, 1.82) is 0 Å².